The number of amidine groups is 1. The van der Waals surface area contributed by atoms with Crippen LogP contribution < -0.4 is 10.5 Å². The molecular weight excluding hydrogens is 388 g/mol. The standard InChI is InChI=1S/C18H16N2O3S3/c1-24-18-16(11-15(25-18)17(19)20)26(21,22)14-9-5-8-13(10-14)23-12-6-3-2-4-7-12/h2-11H,1H3,(H3,19,20). The first kappa shape index (κ1) is 18.5. The number of sulfone groups is 1. The Balaban J connectivity index is 2.00. The lowest BCUT2D eigenvalue weighted by Gasteiger charge is -2.08. The van der Waals surface area contributed by atoms with Crippen molar-refractivity contribution in [3.63, 3.8) is 0 Å². The van der Waals surface area contributed by atoms with Gasteiger partial charge in [-0.1, -0.05) is 24.3 Å². The number of thioether (sulfide) groups is 1. The van der Waals surface area contributed by atoms with E-state index in [1.807, 2.05) is 18.2 Å². The van der Waals surface area contributed by atoms with Crippen LogP contribution in [0.5, 0.6) is 11.5 Å². The van der Waals surface area contributed by atoms with E-state index < -0.39 is 9.84 Å². The summed E-state index contributed by atoms with van der Waals surface area (Å²) in [5, 5.41) is 7.55. The molecule has 5 nitrogen and oxygen atoms in total. The molecule has 1 aromatic heterocycles. The highest BCUT2D eigenvalue weighted by Gasteiger charge is 2.25. The van der Waals surface area contributed by atoms with Crippen molar-refractivity contribution in [2.75, 3.05) is 6.26 Å². The molecule has 134 valence electrons. The van der Waals surface area contributed by atoms with Gasteiger partial charge in [0.1, 0.15) is 17.3 Å². The second-order valence-corrected chi connectivity index (χ2v) is 9.32. The van der Waals surface area contributed by atoms with Crippen LogP contribution in [0.25, 0.3) is 0 Å². The molecule has 3 rings (SSSR count). The summed E-state index contributed by atoms with van der Waals surface area (Å²) in [4.78, 5) is 0.732. The van der Waals surface area contributed by atoms with E-state index in [1.54, 1.807) is 30.5 Å². The molecule has 0 aliphatic heterocycles. The van der Waals surface area contributed by atoms with Gasteiger partial charge in [0.05, 0.1) is 18.9 Å². The lowest BCUT2D eigenvalue weighted by molar-refractivity contribution is 0.480. The van der Waals surface area contributed by atoms with Gasteiger partial charge in [-0.15, -0.1) is 23.1 Å². The smallest absolute Gasteiger partial charge is 0.208 e. The summed E-state index contributed by atoms with van der Waals surface area (Å²) in [6.45, 7) is 0. The topological polar surface area (TPSA) is 93.2 Å². The molecule has 0 aliphatic carbocycles. The molecule has 0 bridgehead atoms. The van der Waals surface area contributed by atoms with Gasteiger partial charge < -0.3 is 10.5 Å². The summed E-state index contributed by atoms with van der Waals surface area (Å²) in [5.41, 5.74) is 5.51. The number of benzene rings is 2. The maximum atomic E-state index is 13.1. The van der Waals surface area contributed by atoms with E-state index in [9.17, 15) is 8.42 Å². The third kappa shape index (κ3) is 3.77. The highest BCUT2D eigenvalue weighted by molar-refractivity contribution is 8.01. The Morgan fingerprint density at radius 1 is 1.08 bits per heavy atom. The van der Waals surface area contributed by atoms with Crippen molar-refractivity contribution in [3.8, 4) is 11.5 Å². The van der Waals surface area contributed by atoms with Gasteiger partial charge in [0.2, 0.25) is 9.84 Å². The van der Waals surface area contributed by atoms with E-state index >= 15 is 0 Å². The van der Waals surface area contributed by atoms with Gasteiger partial charge >= 0.3 is 0 Å². The molecule has 0 spiro atoms. The highest BCUT2D eigenvalue weighted by Crippen LogP contribution is 2.37. The molecule has 26 heavy (non-hydrogen) atoms. The Hall–Kier alpha value is -2.29. The van der Waals surface area contributed by atoms with E-state index in [-0.39, 0.29) is 15.6 Å². The number of thiophene rings is 1. The zero-order valence-corrected chi connectivity index (χ0v) is 16.2. The summed E-state index contributed by atoms with van der Waals surface area (Å²) in [6, 6.07) is 17.0. The van der Waals surface area contributed by atoms with E-state index in [0.29, 0.717) is 20.6 Å². The number of rotatable bonds is 6. The molecule has 0 fully saturated rings. The van der Waals surface area contributed by atoms with Gasteiger partial charge in [0, 0.05) is 0 Å². The normalized spacial score (nSPS) is 11.3. The average Bonchev–Trinajstić information content (AvgIpc) is 3.08. The number of nitrogens with one attached hydrogen (secondary N) is 1. The van der Waals surface area contributed by atoms with Crippen LogP contribution in [0.4, 0.5) is 0 Å². The van der Waals surface area contributed by atoms with Crippen molar-refractivity contribution >= 4 is 38.8 Å². The molecule has 2 aromatic carbocycles. The van der Waals surface area contributed by atoms with Crippen LogP contribution in [0.2, 0.25) is 0 Å². The van der Waals surface area contributed by atoms with Crippen LogP contribution in [0.15, 0.2) is 74.7 Å². The first-order valence-corrected chi connectivity index (χ1v) is 11.0. The number of ether oxygens (including phenoxy) is 1. The maximum Gasteiger partial charge on any atom is 0.208 e. The van der Waals surface area contributed by atoms with Crippen molar-refractivity contribution in [1.29, 1.82) is 5.41 Å². The molecule has 1 heterocycles. The molecule has 8 heteroatoms. The summed E-state index contributed by atoms with van der Waals surface area (Å²) >= 11 is 2.52. The number of hydrogen-bond donors (Lipinski definition) is 2. The molecule has 3 N–H and O–H groups in total. The largest absolute Gasteiger partial charge is 0.457 e. The summed E-state index contributed by atoms with van der Waals surface area (Å²) < 4.78 is 32.5. The Kier molecular flexibility index (Phi) is 5.36. The molecule has 0 radical (unpaired) electrons. The van der Waals surface area contributed by atoms with Crippen LogP contribution in [-0.2, 0) is 9.84 Å². The molecule has 3 aromatic rings. The van der Waals surface area contributed by atoms with Gasteiger partial charge in [-0.25, -0.2) is 8.42 Å². The number of nitrogens with two attached hydrogens (primary N) is 1. The third-order valence-corrected chi connectivity index (χ3v) is 7.84. The molecule has 0 aliphatic rings. The van der Waals surface area contributed by atoms with Crippen LogP contribution in [0.3, 0.4) is 0 Å². The fourth-order valence-electron chi connectivity index (χ4n) is 2.28. The van der Waals surface area contributed by atoms with E-state index in [2.05, 4.69) is 0 Å². The minimum atomic E-state index is -3.75. The van der Waals surface area contributed by atoms with Crippen LogP contribution in [0, 0.1) is 5.41 Å². The lowest BCUT2D eigenvalue weighted by Crippen LogP contribution is -2.08. The van der Waals surface area contributed by atoms with Crippen molar-refractivity contribution < 1.29 is 13.2 Å². The first-order chi connectivity index (χ1) is 12.4. The highest BCUT2D eigenvalue weighted by atomic mass is 32.2. The number of hydrogen-bond acceptors (Lipinski definition) is 6. The third-order valence-electron chi connectivity index (χ3n) is 3.50. The SMILES string of the molecule is CSc1sc(C(=N)N)cc1S(=O)(=O)c1cccc(Oc2ccccc2)c1. The zero-order valence-electron chi connectivity index (χ0n) is 13.8. The van der Waals surface area contributed by atoms with Gasteiger partial charge in [-0.2, -0.15) is 0 Å². The van der Waals surface area contributed by atoms with Crippen LogP contribution in [-0.4, -0.2) is 20.5 Å². The Morgan fingerprint density at radius 2 is 1.77 bits per heavy atom. The van der Waals surface area contributed by atoms with Gasteiger partial charge in [-0.05, 0) is 42.7 Å². The molecule has 0 amide bonds. The quantitative estimate of drug-likeness (QED) is 0.361. The molecule has 0 saturated carbocycles. The van der Waals surface area contributed by atoms with Gasteiger partial charge in [0.25, 0.3) is 0 Å². The average molecular weight is 405 g/mol. The summed E-state index contributed by atoms with van der Waals surface area (Å²) in [5.74, 6) is 0.916. The zero-order chi connectivity index (χ0) is 18.7. The van der Waals surface area contributed by atoms with E-state index in [4.69, 9.17) is 15.9 Å². The Labute approximate surface area is 160 Å². The summed E-state index contributed by atoms with van der Waals surface area (Å²) in [7, 11) is -3.75. The fourth-order valence-corrected chi connectivity index (χ4v) is 6.17. The fraction of sp³-hybridized carbons (Fsp3) is 0.0556. The Morgan fingerprint density at radius 3 is 2.42 bits per heavy atom. The minimum Gasteiger partial charge on any atom is -0.457 e. The molecule has 0 atom stereocenters. The summed E-state index contributed by atoms with van der Waals surface area (Å²) in [6.07, 6.45) is 1.80. The second kappa shape index (κ2) is 7.53. The Bertz CT molecular complexity index is 1040. The van der Waals surface area contributed by atoms with Crippen LogP contribution in [0.1, 0.15) is 4.88 Å². The predicted octanol–water partition coefficient (Wildman–Crippen LogP) is 4.38. The van der Waals surface area contributed by atoms with Gasteiger partial charge in [-0.3, -0.25) is 5.41 Å². The number of nitrogen functional groups attached to an aromatic ring is 1. The predicted molar refractivity (Wildman–Crippen MR) is 106 cm³/mol. The van der Waals surface area contributed by atoms with Crippen molar-refractivity contribution in [2.24, 2.45) is 5.73 Å². The maximum absolute atomic E-state index is 13.1. The lowest BCUT2D eigenvalue weighted by atomic mass is 10.3. The second-order valence-electron chi connectivity index (χ2n) is 5.27. The molecular formula is C18H16N2O3S3. The van der Waals surface area contributed by atoms with Crippen LogP contribution >= 0.6 is 23.1 Å². The van der Waals surface area contributed by atoms with E-state index in [0.717, 1.165) is 0 Å². The molecule has 0 saturated heterocycles. The van der Waals surface area contributed by atoms with Crippen molar-refractivity contribution in [1.82, 2.24) is 0 Å². The monoisotopic (exact) mass is 404 g/mol. The first-order valence-electron chi connectivity index (χ1n) is 7.52. The van der Waals surface area contributed by atoms with E-state index in [1.165, 1.54) is 41.3 Å². The minimum absolute atomic E-state index is 0.133. The van der Waals surface area contributed by atoms with Crippen molar-refractivity contribution in [2.45, 2.75) is 14.0 Å². The number of para-hydroxylation sites is 1. The van der Waals surface area contributed by atoms with Gasteiger partial charge in [0.15, 0.2) is 0 Å². The van der Waals surface area contributed by atoms with Crippen molar-refractivity contribution in [3.05, 3.63) is 65.5 Å². The molecule has 0 unspecified atom stereocenters.